The molecule has 0 aliphatic heterocycles. The van der Waals surface area contributed by atoms with Gasteiger partial charge in [0.2, 0.25) is 0 Å². The Morgan fingerprint density at radius 1 is 1.00 bits per heavy atom. The minimum absolute atomic E-state index is 0. The lowest BCUT2D eigenvalue weighted by Crippen LogP contribution is -2.30. The number of nitrogens with one attached hydrogen (secondary N) is 1. The maximum Gasteiger partial charge on any atom is 0.0897 e. The van der Waals surface area contributed by atoms with Gasteiger partial charge in [0.05, 0.1) is 19.3 Å². The van der Waals surface area contributed by atoms with Crippen LogP contribution in [0.3, 0.4) is 0 Å². The number of hydrogen-bond acceptors (Lipinski definition) is 3. The SMILES string of the molecule is Cl.OC(CNCc1ccccc1)COCc1ccc(Cl)cc1. The van der Waals surface area contributed by atoms with Gasteiger partial charge < -0.3 is 15.2 Å². The summed E-state index contributed by atoms with van der Waals surface area (Å²) in [5, 5.41) is 13.8. The van der Waals surface area contributed by atoms with Crippen LogP contribution in [0.4, 0.5) is 0 Å². The van der Waals surface area contributed by atoms with Crippen LogP contribution in [0.25, 0.3) is 0 Å². The van der Waals surface area contributed by atoms with Crippen molar-refractivity contribution in [2.24, 2.45) is 0 Å². The van der Waals surface area contributed by atoms with Crippen molar-refractivity contribution >= 4 is 24.0 Å². The van der Waals surface area contributed by atoms with Gasteiger partial charge in [0, 0.05) is 18.1 Å². The number of halogens is 2. The number of rotatable bonds is 8. The van der Waals surface area contributed by atoms with Crippen LogP contribution in [0.5, 0.6) is 0 Å². The number of aliphatic hydroxyl groups is 1. The highest BCUT2D eigenvalue weighted by atomic mass is 35.5. The summed E-state index contributed by atoms with van der Waals surface area (Å²) < 4.78 is 5.49. The first-order valence-corrected chi connectivity index (χ1v) is 7.37. The number of aliphatic hydroxyl groups excluding tert-OH is 1. The van der Waals surface area contributed by atoms with E-state index >= 15 is 0 Å². The second-order valence-electron chi connectivity index (χ2n) is 4.91. The highest BCUT2D eigenvalue weighted by Crippen LogP contribution is 2.10. The third kappa shape index (κ3) is 7.25. The second-order valence-corrected chi connectivity index (χ2v) is 5.35. The van der Waals surface area contributed by atoms with E-state index in [2.05, 4.69) is 17.4 Å². The Bertz CT molecular complexity index is 520. The Morgan fingerprint density at radius 3 is 2.36 bits per heavy atom. The normalized spacial score (nSPS) is 11.7. The molecule has 120 valence electrons. The van der Waals surface area contributed by atoms with Crippen molar-refractivity contribution in [3.63, 3.8) is 0 Å². The van der Waals surface area contributed by atoms with Crippen LogP contribution in [0.15, 0.2) is 54.6 Å². The van der Waals surface area contributed by atoms with E-state index in [1.165, 1.54) is 5.56 Å². The van der Waals surface area contributed by atoms with Gasteiger partial charge in [0.15, 0.2) is 0 Å². The molecule has 0 aliphatic rings. The molecule has 0 spiro atoms. The Balaban J connectivity index is 0.00000242. The Labute approximate surface area is 142 Å². The molecule has 0 amide bonds. The molecule has 0 fully saturated rings. The van der Waals surface area contributed by atoms with E-state index in [0.717, 1.165) is 12.1 Å². The van der Waals surface area contributed by atoms with Crippen LogP contribution in [-0.4, -0.2) is 24.4 Å². The topological polar surface area (TPSA) is 41.5 Å². The third-order valence-corrected chi connectivity index (χ3v) is 3.30. The summed E-state index contributed by atoms with van der Waals surface area (Å²) in [5.74, 6) is 0. The highest BCUT2D eigenvalue weighted by Gasteiger charge is 2.04. The molecule has 0 radical (unpaired) electrons. The largest absolute Gasteiger partial charge is 0.389 e. The molecule has 0 aliphatic carbocycles. The summed E-state index contributed by atoms with van der Waals surface area (Å²) in [5.41, 5.74) is 2.25. The minimum Gasteiger partial charge on any atom is -0.389 e. The quantitative estimate of drug-likeness (QED) is 0.772. The van der Waals surface area contributed by atoms with Crippen molar-refractivity contribution in [3.05, 3.63) is 70.7 Å². The summed E-state index contributed by atoms with van der Waals surface area (Å²) in [6, 6.07) is 17.6. The molecule has 0 saturated heterocycles. The van der Waals surface area contributed by atoms with E-state index in [1.807, 2.05) is 42.5 Å². The molecule has 2 rings (SSSR count). The van der Waals surface area contributed by atoms with Crippen LogP contribution >= 0.6 is 24.0 Å². The van der Waals surface area contributed by atoms with E-state index in [9.17, 15) is 5.11 Å². The zero-order valence-corrected chi connectivity index (χ0v) is 13.8. The van der Waals surface area contributed by atoms with Gasteiger partial charge >= 0.3 is 0 Å². The molecule has 2 aromatic rings. The fourth-order valence-electron chi connectivity index (χ4n) is 1.93. The molecule has 22 heavy (non-hydrogen) atoms. The van der Waals surface area contributed by atoms with Crippen LogP contribution in [-0.2, 0) is 17.9 Å². The van der Waals surface area contributed by atoms with E-state index in [1.54, 1.807) is 0 Å². The minimum atomic E-state index is -0.513. The van der Waals surface area contributed by atoms with Crippen molar-refractivity contribution in [1.29, 1.82) is 0 Å². The Morgan fingerprint density at radius 2 is 1.68 bits per heavy atom. The Kier molecular flexibility index (Phi) is 9.13. The van der Waals surface area contributed by atoms with Gasteiger partial charge in [-0.2, -0.15) is 0 Å². The smallest absolute Gasteiger partial charge is 0.0897 e. The summed E-state index contributed by atoms with van der Waals surface area (Å²) in [4.78, 5) is 0. The van der Waals surface area contributed by atoms with Crippen molar-refractivity contribution in [1.82, 2.24) is 5.32 Å². The zero-order chi connectivity index (χ0) is 14.9. The fraction of sp³-hybridized carbons (Fsp3) is 0.294. The number of hydrogen-bond donors (Lipinski definition) is 2. The lowest BCUT2D eigenvalue weighted by molar-refractivity contribution is 0.0287. The molecule has 1 unspecified atom stereocenters. The first-order chi connectivity index (χ1) is 10.2. The van der Waals surface area contributed by atoms with Crippen LogP contribution < -0.4 is 5.32 Å². The molecule has 2 aromatic carbocycles. The second kappa shape index (κ2) is 10.6. The van der Waals surface area contributed by atoms with Crippen molar-refractivity contribution in [3.8, 4) is 0 Å². The maximum absolute atomic E-state index is 9.84. The van der Waals surface area contributed by atoms with Crippen LogP contribution in [0, 0.1) is 0 Å². The molecule has 2 N–H and O–H groups in total. The predicted molar refractivity (Wildman–Crippen MR) is 92.5 cm³/mol. The molecule has 3 nitrogen and oxygen atoms in total. The van der Waals surface area contributed by atoms with E-state index in [0.29, 0.717) is 24.8 Å². The summed E-state index contributed by atoms with van der Waals surface area (Å²) >= 11 is 5.81. The van der Waals surface area contributed by atoms with Crippen molar-refractivity contribution in [2.45, 2.75) is 19.3 Å². The van der Waals surface area contributed by atoms with Crippen molar-refractivity contribution < 1.29 is 9.84 Å². The van der Waals surface area contributed by atoms with Gasteiger partial charge in [0.25, 0.3) is 0 Å². The maximum atomic E-state index is 9.84. The molecular weight excluding hydrogens is 321 g/mol. The average Bonchev–Trinajstić information content (AvgIpc) is 2.50. The molecule has 0 saturated carbocycles. The first-order valence-electron chi connectivity index (χ1n) is 6.99. The van der Waals surface area contributed by atoms with Gasteiger partial charge in [-0.1, -0.05) is 54.1 Å². The first kappa shape index (κ1) is 18.9. The molecular formula is C17H21Cl2NO2. The van der Waals surface area contributed by atoms with Gasteiger partial charge in [0.1, 0.15) is 0 Å². The molecule has 0 bridgehead atoms. The van der Waals surface area contributed by atoms with Gasteiger partial charge in [-0.15, -0.1) is 12.4 Å². The number of benzene rings is 2. The average molecular weight is 342 g/mol. The van der Waals surface area contributed by atoms with Crippen LogP contribution in [0.2, 0.25) is 5.02 Å². The Hall–Kier alpha value is -1.10. The van der Waals surface area contributed by atoms with Gasteiger partial charge in [-0.3, -0.25) is 0 Å². The molecule has 5 heteroatoms. The standard InChI is InChI=1S/C17H20ClNO2.ClH/c18-16-8-6-15(7-9-16)12-21-13-17(20)11-19-10-14-4-2-1-3-5-14;/h1-9,17,19-20H,10-13H2;1H. The predicted octanol–water partition coefficient (Wildman–Crippen LogP) is 3.43. The molecule has 0 heterocycles. The lowest BCUT2D eigenvalue weighted by atomic mass is 10.2. The van der Waals surface area contributed by atoms with Gasteiger partial charge in [-0.25, -0.2) is 0 Å². The monoisotopic (exact) mass is 341 g/mol. The third-order valence-electron chi connectivity index (χ3n) is 3.04. The van der Waals surface area contributed by atoms with Crippen molar-refractivity contribution in [2.75, 3.05) is 13.2 Å². The van der Waals surface area contributed by atoms with Crippen LogP contribution in [0.1, 0.15) is 11.1 Å². The molecule has 0 aromatic heterocycles. The summed E-state index contributed by atoms with van der Waals surface area (Å²) in [6.07, 6.45) is -0.513. The molecule has 1 atom stereocenters. The summed E-state index contributed by atoms with van der Waals surface area (Å²) in [7, 11) is 0. The highest BCUT2D eigenvalue weighted by molar-refractivity contribution is 6.30. The van der Waals surface area contributed by atoms with E-state index in [-0.39, 0.29) is 12.4 Å². The number of ether oxygens (including phenoxy) is 1. The lowest BCUT2D eigenvalue weighted by Gasteiger charge is -2.12. The van der Waals surface area contributed by atoms with E-state index < -0.39 is 6.10 Å². The van der Waals surface area contributed by atoms with Gasteiger partial charge in [-0.05, 0) is 23.3 Å². The van der Waals surface area contributed by atoms with E-state index in [4.69, 9.17) is 16.3 Å². The fourth-order valence-corrected chi connectivity index (χ4v) is 2.06. The summed E-state index contributed by atoms with van der Waals surface area (Å²) in [6.45, 7) is 2.04. The zero-order valence-electron chi connectivity index (χ0n) is 12.2.